The van der Waals surface area contributed by atoms with Gasteiger partial charge in [-0.15, -0.1) is 0 Å². The third-order valence-corrected chi connectivity index (χ3v) is 6.08. The SMILES string of the molecule is CCN(CC)C(=O)COc1ccc(S(=O)(=O)NC2CCCCC2)cc1. The van der Waals surface area contributed by atoms with E-state index in [0.717, 1.165) is 25.7 Å². The lowest BCUT2D eigenvalue weighted by atomic mass is 9.96. The quantitative estimate of drug-likeness (QED) is 0.765. The van der Waals surface area contributed by atoms with Crippen molar-refractivity contribution in [2.75, 3.05) is 19.7 Å². The summed E-state index contributed by atoms with van der Waals surface area (Å²) in [7, 11) is -3.51. The van der Waals surface area contributed by atoms with Gasteiger partial charge < -0.3 is 9.64 Å². The second kappa shape index (κ2) is 9.20. The highest BCUT2D eigenvalue weighted by Gasteiger charge is 2.21. The molecule has 0 atom stereocenters. The molecule has 1 aromatic rings. The second-order valence-corrected chi connectivity index (χ2v) is 8.00. The highest BCUT2D eigenvalue weighted by atomic mass is 32.2. The van der Waals surface area contributed by atoms with Crippen LogP contribution in [0.25, 0.3) is 0 Å². The molecule has 0 aliphatic heterocycles. The smallest absolute Gasteiger partial charge is 0.260 e. The van der Waals surface area contributed by atoms with Gasteiger partial charge in [0, 0.05) is 19.1 Å². The molecule has 0 saturated heterocycles. The van der Waals surface area contributed by atoms with Gasteiger partial charge in [0.05, 0.1) is 4.90 Å². The van der Waals surface area contributed by atoms with Crippen LogP contribution in [0.1, 0.15) is 46.0 Å². The standard InChI is InChI=1S/C18H28N2O4S/c1-3-20(4-2)18(21)14-24-16-10-12-17(13-11-16)25(22,23)19-15-8-6-5-7-9-15/h10-13,15,19H,3-9,14H2,1-2H3. The Bertz CT molecular complexity index is 648. The highest BCUT2D eigenvalue weighted by molar-refractivity contribution is 7.89. The molecule has 1 aromatic carbocycles. The molecule has 0 unspecified atom stereocenters. The van der Waals surface area contributed by atoms with E-state index in [1.165, 1.54) is 18.6 Å². The first-order valence-electron chi connectivity index (χ1n) is 8.99. The van der Waals surface area contributed by atoms with E-state index in [0.29, 0.717) is 18.8 Å². The van der Waals surface area contributed by atoms with Gasteiger partial charge in [-0.1, -0.05) is 19.3 Å². The van der Waals surface area contributed by atoms with Gasteiger partial charge >= 0.3 is 0 Å². The first-order valence-corrected chi connectivity index (χ1v) is 10.5. The first kappa shape index (κ1) is 19.7. The minimum atomic E-state index is -3.51. The normalized spacial score (nSPS) is 15.8. The summed E-state index contributed by atoms with van der Waals surface area (Å²) in [6.45, 7) is 5.07. The van der Waals surface area contributed by atoms with Crippen LogP contribution < -0.4 is 9.46 Å². The van der Waals surface area contributed by atoms with E-state index in [2.05, 4.69) is 4.72 Å². The summed E-state index contributed by atoms with van der Waals surface area (Å²) in [6, 6.07) is 6.24. The number of carbonyl (C=O) groups is 1. The third-order valence-electron chi connectivity index (χ3n) is 4.54. The summed E-state index contributed by atoms with van der Waals surface area (Å²) >= 11 is 0. The molecule has 0 heterocycles. The molecule has 2 rings (SSSR count). The van der Waals surface area contributed by atoms with Crippen molar-refractivity contribution < 1.29 is 17.9 Å². The zero-order chi connectivity index (χ0) is 18.3. The largest absolute Gasteiger partial charge is 0.484 e. The van der Waals surface area contributed by atoms with Gasteiger partial charge in [-0.25, -0.2) is 13.1 Å². The molecule has 0 bridgehead atoms. The van der Waals surface area contributed by atoms with E-state index in [9.17, 15) is 13.2 Å². The van der Waals surface area contributed by atoms with Crippen molar-refractivity contribution in [3.63, 3.8) is 0 Å². The van der Waals surface area contributed by atoms with E-state index in [1.54, 1.807) is 17.0 Å². The minimum Gasteiger partial charge on any atom is -0.484 e. The van der Waals surface area contributed by atoms with Crippen molar-refractivity contribution in [2.45, 2.75) is 56.9 Å². The average Bonchev–Trinajstić information content (AvgIpc) is 2.62. The summed E-state index contributed by atoms with van der Waals surface area (Å²) in [5.74, 6) is 0.401. The molecular formula is C18H28N2O4S. The van der Waals surface area contributed by atoms with Crippen molar-refractivity contribution in [1.82, 2.24) is 9.62 Å². The molecule has 0 aromatic heterocycles. The number of sulfonamides is 1. The zero-order valence-electron chi connectivity index (χ0n) is 15.0. The molecule has 0 spiro atoms. The molecule has 25 heavy (non-hydrogen) atoms. The van der Waals surface area contributed by atoms with Crippen LogP contribution in [0.3, 0.4) is 0 Å². The summed E-state index contributed by atoms with van der Waals surface area (Å²) < 4.78 is 33.1. The Morgan fingerprint density at radius 3 is 2.28 bits per heavy atom. The molecule has 6 nitrogen and oxygen atoms in total. The predicted molar refractivity (Wildman–Crippen MR) is 97.1 cm³/mol. The Balaban J connectivity index is 1.93. The Labute approximate surface area is 150 Å². The number of hydrogen-bond acceptors (Lipinski definition) is 4. The van der Waals surface area contributed by atoms with Crippen molar-refractivity contribution in [3.8, 4) is 5.75 Å². The molecule has 1 aliphatic carbocycles. The Hall–Kier alpha value is -1.60. The van der Waals surface area contributed by atoms with Gasteiger partial charge in [0.15, 0.2) is 6.61 Å². The van der Waals surface area contributed by atoms with E-state index < -0.39 is 10.0 Å². The molecule has 1 saturated carbocycles. The van der Waals surface area contributed by atoms with E-state index >= 15 is 0 Å². The van der Waals surface area contributed by atoms with Gasteiger partial charge in [0.2, 0.25) is 10.0 Å². The predicted octanol–water partition coefficient (Wildman–Crippen LogP) is 2.54. The van der Waals surface area contributed by atoms with Gasteiger partial charge in [-0.3, -0.25) is 4.79 Å². The molecule has 1 amide bonds. The van der Waals surface area contributed by atoms with Crippen LogP contribution >= 0.6 is 0 Å². The number of hydrogen-bond donors (Lipinski definition) is 1. The summed E-state index contributed by atoms with van der Waals surface area (Å²) in [4.78, 5) is 13.8. The van der Waals surface area contributed by atoms with Crippen LogP contribution in [0.2, 0.25) is 0 Å². The maximum atomic E-state index is 12.4. The maximum absolute atomic E-state index is 12.4. The number of likely N-dealkylation sites (N-methyl/N-ethyl adjacent to an activating group) is 1. The van der Waals surface area contributed by atoms with Crippen LogP contribution in [0.5, 0.6) is 5.75 Å². The van der Waals surface area contributed by atoms with Crippen LogP contribution in [-0.4, -0.2) is 45.0 Å². The van der Waals surface area contributed by atoms with Crippen molar-refractivity contribution >= 4 is 15.9 Å². The van der Waals surface area contributed by atoms with Crippen LogP contribution in [0.4, 0.5) is 0 Å². The lowest BCUT2D eigenvalue weighted by Crippen LogP contribution is -2.36. The lowest BCUT2D eigenvalue weighted by Gasteiger charge is -2.22. The molecular weight excluding hydrogens is 340 g/mol. The number of rotatable bonds is 8. The van der Waals surface area contributed by atoms with E-state index in [1.807, 2.05) is 13.8 Å². The number of amides is 1. The van der Waals surface area contributed by atoms with Gasteiger partial charge in [0.1, 0.15) is 5.75 Å². The lowest BCUT2D eigenvalue weighted by molar-refractivity contribution is -0.132. The van der Waals surface area contributed by atoms with Crippen LogP contribution in [0.15, 0.2) is 29.2 Å². The number of ether oxygens (including phenoxy) is 1. The number of nitrogens with one attached hydrogen (secondary N) is 1. The summed E-state index contributed by atoms with van der Waals surface area (Å²) in [5.41, 5.74) is 0. The fourth-order valence-electron chi connectivity index (χ4n) is 3.04. The van der Waals surface area contributed by atoms with Crippen LogP contribution in [-0.2, 0) is 14.8 Å². The number of carbonyl (C=O) groups excluding carboxylic acids is 1. The van der Waals surface area contributed by atoms with E-state index in [4.69, 9.17) is 4.74 Å². The minimum absolute atomic E-state index is 0.0290. The van der Waals surface area contributed by atoms with Crippen molar-refractivity contribution in [2.24, 2.45) is 0 Å². The molecule has 0 radical (unpaired) electrons. The van der Waals surface area contributed by atoms with Gasteiger partial charge in [0.25, 0.3) is 5.91 Å². The topological polar surface area (TPSA) is 75.7 Å². The summed E-state index contributed by atoms with van der Waals surface area (Å²) in [6.07, 6.45) is 5.11. The molecule has 1 aliphatic rings. The van der Waals surface area contributed by atoms with E-state index in [-0.39, 0.29) is 23.5 Å². The fraction of sp³-hybridized carbons (Fsp3) is 0.611. The second-order valence-electron chi connectivity index (χ2n) is 6.28. The van der Waals surface area contributed by atoms with Crippen LogP contribution in [0, 0.1) is 0 Å². The molecule has 1 N–H and O–H groups in total. The molecule has 140 valence electrons. The van der Waals surface area contributed by atoms with Crippen molar-refractivity contribution in [3.05, 3.63) is 24.3 Å². The Morgan fingerprint density at radius 2 is 1.72 bits per heavy atom. The molecule has 1 fully saturated rings. The number of nitrogens with zero attached hydrogens (tertiary/aromatic N) is 1. The summed E-state index contributed by atoms with van der Waals surface area (Å²) in [5, 5.41) is 0. The number of benzene rings is 1. The monoisotopic (exact) mass is 368 g/mol. The average molecular weight is 368 g/mol. The maximum Gasteiger partial charge on any atom is 0.260 e. The first-order chi connectivity index (χ1) is 12.0. The highest BCUT2D eigenvalue weighted by Crippen LogP contribution is 2.21. The zero-order valence-corrected chi connectivity index (χ0v) is 15.8. The fourth-order valence-corrected chi connectivity index (χ4v) is 4.34. The third kappa shape index (κ3) is 5.71. The van der Waals surface area contributed by atoms with Gasteiger partial charge in [-0.05, 0) is 51.0 Å². The van der Waals surface area contributed by atoms with Gasteiger partial charge in [-0.2, -0.15) is 0 Å². The Kier molecular flexibility index (Phi) is 7.25. The van der Waals surface area contributed by atoms with Crippen molar-refractivity contribution in [1.29, 1.82) is 0 Å². The Morgan fingerprint density at radius 1 is 1.12 bits per heavy atom. The molecule has 7 heteroatoms.